The van der Waals surface area contributed by atoms with Crippen molar-refractivity contribution in [3.63, 3.8) is 0 Å². The molecular formula is C22H27NO. The van der Waals surface area contributed by atoms with Crippen LogP contribution < -0.4 is 0 Å². The van der Waals surface area contributed by atoms with Crippen molar-refractivity contribution in [1.29, 1.82) is 0 Å². The molecule has 0 bridgehead atoms. The van der Waals surface area contributed by atoms with E-state index in [1.54, 1.807) is 0 Å². The molecule has 1 aliphatic heterocycles. The van der Waals surface area contributed by atoms with Crippen molar-refractivity contribution in [3.05, 3.63) is 71.3 Å². The smallest absolute Gasteiger partial charge is 0.222 e. The summed E-state index contributed by atoms with van der Waals surface area (Å²) in [5, 5.41) is 0. The highest BCUT2D eigenvalue weighted by atomic mass is 16.2. The number of likely N-dealkylation sites (tertiary alicyclic amines) is 1. The van der Waals surface area contributed by atoms with Crippen LogP contribution in [0.25, 0.3) is 0 Å². The van der Waals surface area contributed by atoms with Crippen molar-refractivity contribution < 1.29 is 4.79 Å². The van der Waals surface area contributed by atoms with E-state index >= 15 is 0 Å². The maximum Gasteiger partial charge on any atom is 0.222 e. The third-order valence-electron chi connectivity index (χ3n) is 5.18. The van der Waals surface area contributed by atoms with Crippen molar-refractivity contribution >= 4 is 5.91 Å². The minimum absolute atomic E-state index is 0.307. The number of piperidine rings is 1. The van der Waals surface area contributed by atoms with Crippen LogP contribution in [-0.2, 0) is 17.6 Å². The van der Waals surface area contributed by atoms with E-state index in [-0.39, 0.29) is 0 Å². The van der Waals surface area contributed by atoms with Crippen LogP contribution in [0.3, 0.4) is 0 Å². The van der Waals surface area contributed by atoms with Crippen molar-refractivity contribution in [3.8, 4) is 0 Å². The van der Waals surface area contributed by atoms with Crippen LogP contribution in [-0.4, -0.2) is 23.9 Å². The van der Waals surface area contributed by atoms with Gasteiger partial charge in [-0.25, -0.2) is 0 Å². The molecule has 2 aromatic rings. The molecule has 0 aromatic heterocycles. The second kappa shape index (κ2) is 8.14. The molecule has 1 heterocycles. The van der Waals surface area contributed by atoms with Gasteiger partial charge in [-0.3, -0.25) is 4.79 Å². The summed E-state index contributed by atoms with van der Waals surface area (Å²) in [5.41, 5.74) is 4.04. The molecule has 0 saturated carbocycles. The van der Waals surface area contributed by atoms with E-state index in [0.717, 1.165) is 38.8 Å². The van der Waals surface area contributed by atoms with Gasteiger partial charge in [0.25, 0.3) is 0 Å². The lowest BCUT2D eigenvalue weighted by Gasteiger charge is -2.32. The molecule has 2 heteroatoms. The standard InChI is InChI=1S/C22H27NO/c1-2-18-8-10-19(11-9-18)12-13-22(24)23-16-14-21(15-17-23)20-6-4-3-5-7-20/h3-11,21H,2,12-17H2,1H3. The van der Waals surface area contributed by atoms with E-state index in [4.69, 9.17) is 0 Å². The third-order valence-corrected chi connectivity index (χ3v) is 5.18. The first-order chi connectivity index (χ1) is 11.8. The summed E-state index contributed by atoms with van der Waals surface area (Å²) in [5.74, 6) is 0.915. The van der Waals surface area contributed by atoms with Gasteiger partial charge in [0.1, 0.15) is 0 Å². The lowest BCUT2D eigenvalue weighted by atomic mass is 9.89. The largest absolute Gasteiger partial charge is 0.343 e. The monoisotopic (exact) mass is 321 g/mol. The molecule has 2 nitrogen and oxygen atoms in total. The summed E-state index contributed by atoms with van der Waals surface area (Å²) in [4.78, 5) is 14.5. The Morgan fingerprint density at radius 3 is 2.21 bits per heavy atom. The quantitative estimate of drug-likeness (QED) is 0.789. The van der Waals surface area contributed by atoms with Gasteiger partial charge in [0.05, 0.1) is 0 Å². The van der Waals surface area contributed by atoms with Crippen LogP contribution in [0.1, 0.15) is 48.8 Å². The second-order valence-electron chi connectivity index (χ2n) is 6.74. The molecule has 2 aromatic carbocycles. The van der Waals surface area contributed by atoms with Gasteiger partial charge in [-0.15, -0.1) is 0 Å². The maximum absolute atomic E-state index is 12.5. The molecule has 1 fully saturated rings. The number of aryl methyl sites for hydroxylation is 2. The average Bonchev–Trinajstić information content (AvgIpc) is 2.67. The van der Waals surface area contributed by atoms with E-state index < -0.39 is 0 Å². The van der Waals surface area contributed by atoms with Gasteiger partial charge in [0.15, 0.2) is 0 Å². The van der Waals surface area contributed by atoms with Gasteiger partial charge in [0.2, 0.25) is 5.91 Å². The van der Waals surface area contributed by atoms with Crippen LogP contribution >= 0.6 is 0 Å². The van der Waals surface area contributed by atoms with E-state index in [2.05, 4.69) is 66.4 Å². The molecule has 0 spiro atoms. The van der Waals surface area contributed by atoms with Gasteiger partial charge in [0, 0.05) is 19.5 Å². The zero-order chi connectivity index (χ0) is 16.8. The second-order valence-corrected chi connectivity index (χ2v) is 6.74. The number of carbonyl (C=O) groups is 1. The first-order valence-corrected chi connectivity index (χ1v) is 9.17. The summed E-state index contributed by atoms with van der Waals surface area (Å²) >= 11 is 0. The molecule has 126 valence electrons. The minimum atomic E-state index is 0.307. The Bertz CT molecular complexity index is 639. The van der Waals surface area contributed by atoms with E-state index in [0.29, 0.717) is 18.2 Å². The third kappa shape index (κ3) is 4.25. The Hall–Kier alpha value is -2.09. The van der Waals surface area contributed by atoms with Crippen LogP contribution in [0.5, 0.6) is 0 Å². The average molecular weight is 321 g/mol. The number of carbonyl (C=O) groups excluding carboxylic acids is 1. The van der Waals surface area contributed by atoms with Gasteiger partial charge < -0.3 is 4.90 Å². The van der Waals surface area contributed by atoms with Gasteiger partial charge in [-0.05, 0) is 48.3 Å². The van der Waals surface area contributed by atoms with Crippen LogP contribution in [0.2, 0.25) is 0 Å². The number of hydrogen-bond donors (Lipinski definition) is 0. The van der Waals surface area contributed by atoms with Crippen LogP contribution in [0.4, 0.5) is 0 Å². The molecule has 3 rings (SSSR count). The molecule has 0 atom stereocenters. The van der Waals surface area contributed by atoms with Gasteiger partial charge in [-0.2, -0.15) is 0 Å². The Balaban J connectivity index is 1.46. The first kappa shape index (κ1) is 16.8. The maximum atomic E-state index is 12.5. The minimum Gasteiger partial charge on any atom is -0.343 e. The van der Waals surface area contributed by atoms with E-state index in [1.165, 1.54) is 16.7 Å². The molecule has 1 amide bonds. The van der Waals surface area contributed by atoms with Crippen molar-refractivity contribution in [2.24, 2.45) is 0 Å². The number of amides is 1. The zero-order valence-electron chi connectivity index (χ0n) is 14.6. The normalized spacial score (nSPS) is 15.5. The number of hydrogen-bond acceptors (Lipinski definition) is 1. The lowest BCUT2D eigenvalue weighted by Crippen LogP contribution is -2.38. The molecule has 24 heavy (non-hydrogen) atoms. The first-order valence-electron chi connectivity index (χ1n) is 9.17. The Morgan fingerprint density at radius 2 is 1.58 bits per heavy atom. The Morgan fingerprint density at radius 1 is 0.958 bits per heavy atom. The highest BCUT2D eigenvalue weighted by Crippen LogP contribution is 2.28. The molecule has 1 aliphatic rings. The molecule has 0 radical (unpaired) electrons. The van der Waals surface area contributed by atoms with Crippen LogP contribution in [0.15, 0.2) is 54.6 Å². The summed E-state index contributed by atoms with van der Waals surface area (Å²) in [7, 11) is 0. The number of benzene rings is 2. The van der Waals surface area contributed by atoms with Crippen LogP contribution in [0, 0.1) is 0 Å². The number of rotatable bonds is 5. The fourth-order valence-corrected chi connectivity index (χ4v) is 3.54. The van der Waals surface area contributed by atoms with Crippen molar-refractivity contribution in [2.45, 2.75) is 44.9 Å². The summed E-state index contributed by atoms with van der Waals surface area (Å²) in [6.07, 6.45) is 4.71. The van der Waals surface area contributed by atoms with Gasteiger partial charge >= 0.3 is 0 Å². The fraction of sp³-hybridized carbons (Fsp3) is 0.409. The Labute approximate surface area is 145 Å². The summed E-state index contributed by atoms with van der Waals surface area (Å²) in [6, 6.07) is 19.4. The fourth-order valence-electron chi connectivity index (χ4n) is 3.54. The SMILES string of the molecule is CCc1ccc(CCC(=O)N2CCC(c3ccccc3)CC2)cc1. The van der Waals surface area contributed by atoms with E-state index in [1.807, 2.05) is 0 Å². The van der Waals surface area contributed by atoms with Crippen molar-refractivity contribution in [1.82, 2.24) is 4.90 Å². The molecular weight excluding hydrogens is 294 g/mol. The topological polar surface area (TPSA) is 20.3 Å². The highest BCUT2D eigenvalue weighted by Gasteiger charge is 2.23. The molecule has 0 unspecified atom stereocenters. The molecule has 0 N–H and O–H groups in total. The lowest BCUT2D eigenvalue weighted by molar-refractivity contribution is -0.132. The van der Waals surface area contributed by atoms with Gasteiger partial charge in [-0.1, -0.05) is 61.5 Å². The Kier molecular flexibility index (Phi) is 5.68. The highest BCUT2D eigenvalue weighted by molar-refractivity contribution is 5.76. The molecule has 1 saturated heterocycles. The predicted molar refractivity (Wildman–Crippen MR) is 99.1 cm³/mol. The zero-order valence-corrected chi connectivity index (χ0v) is 14.6. The van der Waals surface area contributed by atoms with Crippen molar-refractivity contribution in [2.75, 3.05) is 13.1 Å². The summed E-state index contributed by atoms with van der Waals surface area (Å²) in [6.45, 7) is 3.96. The predicted octanol–water partition coefficient (Wildman–Crippen LogP) is 4.59. The molecule has 0 aliphatic carbocycles. The summed E-state index contributed by atoms with van der Waals surface area (Å²) < 4.78 is 0. The number of nitrogens with zero attached hydrogens (tertiary/aromatic N) is 1. The van der Waals surface area contributed by atoms with E-state index in [9.17, 15) is 4.79 Å².